The van der Waals surface area contributed by atoms with Gasteiger partial charge in [0.2, 0.25) is 0 Å². The Hall–Kier alpha value is -0.930. The summed E-state index contributed by atoms with van der Waals surface area (Å²) in [6.07, 6.45) is 4.42. The first-order valence-electron chi connectivity index (χ1n) is 4.31. The smallest absolute Gasteiger partial charge is 0.125 e. The van der Waals surface area contributed by atoms with Crippen molar-refractivity contribution >= 4 is 22.9 Å². The largest absolute Gasteiger partial charge is 0.264 e. The molecular weight excluding hydrogens is 216 g/mol. The maximum absolute atomic E-state index is 5.64. The Morgan fingerprint density at radius 2 is 2.36 bits per heavy atom. The molecule has 14 heavy (non-hydrogen) atoms. The molecule has 0 saturated heterocycles. The predicted octanol–water partition coefficient (Wildman–Crippen LogP) is 2.99. The van der Waals surface area contributed by atoms with Gasteiger partial charge in [-0.2, -0.15) is 0 Å². The third-order valence-corrected chi connectivity index (χ3v) is 2.94. The molecule has 0 unspecified atom stereocenters. The van der Waals surface area contributed by atoms with Crippen LogP contribution >= 0.6 is 22.9 Å². The van der Waals surface area contributed by atoms with Crippen molar-refractivity contribution in [2.75, 3.05) is 5.88 Å². The minimum absolute atomic E-state index is 0.621. The predicted molar refractivity (Wildman–Crippen MR) is 59.8 cm³/mol. The Balaban J connectivity index is 2.25. The van der Waals surface area contributed by atoms with Crippen molar-refractivity contribution in [3.8, 4) is 10.6 Å². The van der Waals surface area contributed by atoms with Gasteiger partial charge in [-0.25, -0.2) is 4.98 Å². The van der Waals surface area contributed by atoms with E-state index in [1.165, 1.54) is 0 Å². The highest BCUT2D eigenvalue weighted by Crippen LogP contribution is 2.22. The Kier molecular flexibility index (Phi) is 3.11. The highest BCUT2D eigenvalue weighted by Gasteiger charge is 2.03. The number of halogens is 1. The number of aryl methyl sites for hydroxylation is 1. The second-order valence-electron chi connectivity index (χ2n) is 2.82. The molecule has 0 fully saturated rings. The summed E-state index contributed by atoms with van der Waals surface area (Å²) in [6.45, 7) is 0. The van der Waals surface area contributed by atoms with Gasteiger partial charge in [0, 0.05) is 35.6 Å². The van der Waals surface area contributed by atoms with E-state index < -0.39 is 0 Å². The standard InChI is InChI=1S/C10H9ClN2S/c11-4-3-9-7-14-10(13-9)8-2-1-5-12-6-8/h1-2,5-7H,3-4H2. The SMILES string of the molecule is ClCCc1csc(-c2cccnc2)n1. The van der Waals surface area contributed by atoms with Crippen LogP contribution in [0.3, 0.4) is 0 Å². The molecular formula is C10H9ClN2S. The molecule has 0 aliphatic heterocycles. The van der Waals surface area contributed by atoms with E-state index in [1.807, 2.05) is 23.7 Å². The maximum Gasteiger partial charge on any atom is 0.125 e. The van der Waals surface area contributed by atoms with Gasteiger partial charge in [-0.1, -0.05) is 0 Å². The molecule has 0 aromatic carbocycles. The molecule has 2 aromatic rings. The van der Waals surface area contributed by atoms with Gasteiger partial charge < -0.3 is 0 Å². The normalized spacial score (nSPS) is 10.4. The minimum atomic E-state index is 0.621. The van der Waals surface area contributed by atoms with Gasteiger partial charge in [0.05, 0.1) is 5.69 Å². The molecule has 0 amide bonds. The lowest BCUT2D eigenvalue weighted by Gasteiger charge is -1.92. The number of aromatic nitrogens is 2. The van der Waals surface area contributed by atoms with Crippen LogP contribution in [-0.4, -0.2) is 15.8 Å². The van der Waals surface area contributed by atoms with Gasteiger partial charge in [-0.15, -0.1) is 22.9 Å². The first-order chi connectivity index (χ1) is 6.90. The zero-order valence-corrected chi connectivity index (χ0v) is 9.05. The Morgan fingerprint density at radius 1 is 1.43 bits per heavy atom. The molecule has 0 radical (unpaired) electrons. The van der Waals surface area contributed by atoms with Gasteiger partial charge >= 0.3 is 0 Å². The van der Waals surface area contributed by atoms with Crippen LogP contribution < -0.4 is 0 Å². The summed E-state index contributed by atoms with van der Waals surface area (Å²) in [4.78, 5) is 8.52. The third-order valence-electron chi connectivity index (χ3n) is 1.81. The van der Waals surface area contributed by atoms with E-state index in [0.29, 0.717) is 5.88 Å². The zero-order chi connectivity index (χ0) is 9.80. The highest BCUT2D eigenvalue weighted by molar-refractivity contribution is 7.13. The van der Waals surface area contributed by atoms with Crippen LogP contribution in [0.15, 0.2) is 29.9 Å². The van der Waals surface area contributed by atoms with Crippen LogP contribution in [0.4, 0.5) is 0 Å². The van der Waals surface area contributed by atoms with Crippen LogP contribution in [0, 0.1) is 0 Å². The topological polar surface area (TPSA) is 25.8 Å². The first kappa shape index (κ1) is 9.62. The molecule has 2 heterocycles. The lowest BCUT2D eigenvalue weighted by Crippen LogP contribution is -1.85. The van der Waals surface area contributed by atoms with Crippen molar-refractivity contribution < 1.29 is 0 Å². The Morgan fingerprint density at radius 3 is 3.07 bits per heavy atom. The van der Waals surface area contributed by atoms with Gasteiger partial charge in [-0.05, 0) is 12.1 Å². The molecule has 0 N–H and O–H groups in total. The van der Waals surface area contributed by atoms with Gasteiger partial charge in [0.25, 0.3) is 0 Å². The molecule has 0 spiro atoms. The summed E-state index contributed by atoms with van der Waals surface area (Å²) in [7, 11) is 0. The Bertz CT molecular complexity index is 400. The molecule has 72 valence electrons. The lowest BCUT2D eigenvalue weighted by molar-refractivity contribution is 1.07. The van der Waals surface area contributed by atoms with Gasteiger partial charge in [0.1, 0.15) is 5.01 Å². The van der Waals surface area contributed by atoms with Crippen LogP contribution in [-0.2, 0) is 6.42 Å². The van der Waals surface area contributed by atoms with E-state index in [9.17, 15) is 0 Å². The zero-order valence-electron chi connectivity index (χ0n) is 7.48. The average Bonchev–Trinajstić information content (AvgIpc) is 2.68. The number of nitrogens with zero attached hydrogens (tertiary/aromatic N) is 2. The van der Waals surface area contributed by atoms with Crippen molar-refractivity contribution in [3.63, 3.8) is 0 Å². The molecule has 0 aliphatic carbocycles. The fraction of sp³-hybridized carbons (Fsp3) is 0.200. The summed E-state index contributed by atoms with van der Waals surface area (Å²) >= 11 is 7.28. The fourth-order valence-corrected chi connectivity index (χ4v) is 2.18. The molecule has 0 saturated carbocycles. The molecule has 2 aromatic heterocycles. The second kappa shape index (κ2) is 4.53. The number of hydrogen-bond acceptors (Lipinski definition) is 3. The van der Waals surface area contributed by atoms with Crippen molar-refractivity contribution in [1.29, 1.82) is 0 Å². The summed E-state index contributed by atoms with van der Waals surface area (Å²) in [5.41, 5.74) is 2.13. The van der Waals surface area contributed by atoms with E-state index >= 15 is 0 Å². The van der Waals surface area contributed by atoms with E-state index in [0.717, 1.165) is 22.7 Å². The number of thiazole rings is 1. The summed E-state index contributed by atoms with van der Waals surface area (Å²) < 4.78 is 0. The lowest BCUT2D eigenvalue weighted by atomic mass is 10.3. The summed E-state index contributed by atoms with van der Waals surface area (Å²) in [5, 5.41) is 3.06. The van der Waals surface area contributed by atoms with Crippen molar-refractivity contribution in [3.05, 3.63) is 35.6 Å². The van der Waals surface area contributed by atoms with Crippen molar-refractivity contribution in [1.82, 2.24) is 9.97 Å². The monoisotopic (exact) mass is 224 g/mol. The van der Waals surface area contributed by atoms with Gasteiger partial charge in [0.15, 0.2) is 0 Å². The first-order valence-corrected chi connectivity index (χ1v) is 5.72. The quantitative estimate of drug-likeness (QED) is 0.750. The minimum Gasteiger partial charge on any atom is -0.264 e. The third kappa shape index (κ3) is 2.11. The van der Waals surface area contributed by atoms with E-state index in [4.69, 9.17) is 11.6 Å². The molecule has 0 atom stereocenters. The number of alkyl halides is 1. The van der Waals surface area contributed by atoms with E-state index in [1.54, 1.807) is 17.5 Å². The molecule has 0 bridgehead atoms. The van der Waals surface area contributed by atoms with Gasteiger partial charge in [-0.3, -0.25) is 4.98 Å². The van der Waals surface area contributed by atoms with Crippen LogP contribution in [0.25, 0.3) is 10.6 Å². The van der Waals surface area contributed by atoms with Crippen LogP contribution in [0.5, 0.6) is 0 Å². The Labute approximate surface area is 91.6 Å². The average molecular weight is 225 g/mol. The van der Waals surface area contributed by atoms with Crippen molar-refractivity contribution in [2.24, 2.45) is 0 Å². The summed E-state index contributed by atoms with van der Waals surface area (Å²) in [5.74, 6) is 0.621. The van der Waals surface area contributed by atoms with E-state index in [-0.39, 0.29) is 0 Å². The molecule has 0 aliphatic rings. The fourth-order valence-electron chi connectivity index (χ4n) is 1.14. The maximum atomic E-state index is 5.64. The highest BCUT2D eigenvalue weighted by atomic mass is 35.5. The number of pyridine rings is 1. The van der Waals surface area contributed by atoms with E-state index in [2.05, 4.69) is 9.97 Å². The van der Waals surface area contributed by atoms with Crippen LogP contribution in [0.1, 0.15) is 5.69 Å². The van der Waals surface area contributed by atoms with Crippen molar-refractivity contribution in [2.45, 2.75) is 6.42 Å². The molecule has 2 rings (SSSR count). The number of hydrogen-bond donors (Lipinski definition) is 0. The summed E-state index contributed by atoms with van der Waals surface area (Å²) in [6, 6.07) is 3.92. The molecule has 4 heteroatoms. The number of rotatable bonds is 3. The van der Waals surface area contributed by atoms with Crippen LogP contribution in [0.2, 0.25) is 0 Å². The molecule has 2 nitrogen and oxygen atoms in total. The second-order valence-corrected chi connectivity index (χ2v) is 4.06.